The number of ether oxygens (including phenoxy) is 1. The van der Waals surface area contributed by atoms with Gasteiger partial charge in [-0.3, -0.25) is 4.79 Å². The van der Waals surface area contributed by atoms with Gasteiger partial charge in [-0.15, -0.1) is 10.2 Å². The molecule has 0 saturated carbocycles. The van der Waals surface area contributed by atoms with Gasteiger partial charge in [-0.05, 0) is 24.1 Å². The minimum atomic E-state index is -0.0525. The number of benzene rings is 1. The predicted molar refractivity (Wildman–Crippen MR) is 95.4 cm³/mol. The molecular weight excluding hydrogens is 332 g/mol. The Morgan fingerprint density at radius 1 is 1.30 bits per heavy atom. The number of nitrogens with zero attached hydrogens (tertiary/aromatic N) is 2. The molecule has 0 bridgehead atoms. The summed E-state index contributed by atoms with van der Waals surface area (Å²) in [6.07, 6.45) is 0.988. The third-order valence-electron chi connectivity index (χ3n) is 2.96. The van der Waals surface area contributed by atoms with Crippen molar-refractivity contribution >= 4 is 39.8 Å². The van der Waals surface area contributed by atoms with Crippen LogP contribution in [0.25, 0.3) is 0 Å². The normalized spacial score (nSPS) is 10.5. The first-order valence-corrected chi connectivity index (χ1v) is 9.09. The molecule has 1 heterocycles. The molecule has 0 radical (unpaired) electrons. The fourth-order valence-electron chi connectivity index (χ4n) is 1.75. The van der Waals surface area contributed by atoms with E-state index in [0.29, 0.717) is 18.9 Å². The van der Waals surface area contributed by atoms with Gasteiger partial charge >= 0.3 is 0 Å². The van der Waals surface area contributed by atoms with Gasteiger partial charge in [-0.1, -0.05) is 42.2 Å². The fraction of sp³-hybridized carbons (Fsp3) is 0.400. The summed E-state index contributed by atoms with van der Waals surface area (Å²) in [6.45, 7) is 3.40. The molecule has 0 aliphatic rings. The van der Waals surface area contributed by atoms with E-state index in [2.05, 4.69) is 27.8 Å². The number of carbonyl (C=O) groups excluding carboxylic acids is 1. The van der Waals surface area contributed by atoms with Crippen LogP contribution in [0.1, 0.15) is 12.5 Å². The van der Waals surface area contributed by atoms with E-state index in [1.54, 1.807) is 7.11 Å². The fourth-order valence-corrected chi connectivity index (χ4v) is 3.33. The summed E-state index contributed by atoms with van der Waals surface area (Å²) in [5.74, 6) is 0.255. The van der Waals surface area contributed by atoms with Crippen LogP contribution in [0, 0.1) is 0 Å². The van der Waals surface area contributed by atoms with Crippen LogP contribution in [0.3, 0.4) is 0 Å². The van der Waals surface area contributed by atoms with E-state index in [9.17, 15) is 4.79 Å². The smallest absolute Gasteiger partial charge is 0.234 e. The third kappa shape index (κ3) is 6.17. The van der Waals surface area contributed by atoms with E-state index in [1.165, 1.54) is 28.7 Å². The largest absolute Gasteiger partial charge is 0.383 e. The van der Waals surface area contributed by atoms with E-state index in [-0.39, 0.29) is 5.91 Å². The molecular formula is C15H20N4O2S2. The van der Waals surface area contributed by atoms with Gasteiger partial charge < -0.3 is 15.4 Å². The number of aryl methyl sites for hydroxylation is 1. The first kappa shape index (κ1) is 17.7. The second kappa shape index (κ2) is 9.49. The van der Waals surface area contributed by atoms with Gasteiger partial charge in [-0.25, -0.2) is 0 Å². The molecule has 1 aromatic heterocycles. The van der Waals surface area contributed by atoms with Gasteiger partial charge in [0.05, 0.1) is 12.4 Å². The van der Waals surface area contributed by atoms with Crippen molar-refractivity contribution in [2.75, 3.05) is 36.6 Å². The molecule has 2 N–H and O–H groups in total. The summed E-state index contributed by atoms with van der Waals surface area (Å²) in [4.78, 5) is 12.0. The molecule has 6 nitrogen and oxygen atoms in total. The number of carbonyl (C=O) groups is 1. The lowest BCUT2D eigenvalue weighted by atomic mass is 10.1. The monoisotopic (exact) mass is 352 g/mol. The number of hydrogen-bond donors (Lipinski definition) is 2. The highest BCUT2D eigenvalue weighted by molar-refractivity contribution is 8.01. The van der Waals surface area contributed by atoms with Gasteiger partial charge in [0.15, 0.2) is 4.34 Å². The molecule has 0 atom stereocenters. The van der Waals surface area contributed by atoms with Crippen LogP contribution in [0.2, 0.25) is 0 Å². The molecule has 124 valence electrons. The van der Waals surface area contributed by atoms with Crippen LogP contribution >= 0.6 is 23.1 Å². The van der Waals surface area contributed by atoms with E-state index < -0.39 is 0 Å². The zero-order chi connectivity index (χ0) is 16.5. The molecule has 23 heavy (non-hydrogen) atoms. The summed E-state index contributed by atoms with van der Waals surface area (Å²) < 4.78 is 5.72. The second-order valence-corrected chi connectivity index (χ2v) is 6.88. The molecule has 0 fully saturated rings. The number of anilines is 2. The summed E-state index contributed by atoms with van der Waals surface area (Å²) in [5.41, 5.74) is 2.06. The molecule has 1 aromatic carbocycles. The maximum atomic E-state index is 12.0. The highest BCUT2D eigenvalue weighted by Gasteiger charge is 2.08. The number of amides is 1. The quantitative estimate of drug-likeness (QED) is 0.534. The van der Waals surface area contributed by atoms with Crippen molar-refractivity contribution < 1.29 is 9.53 Å². The van der Waals surface area contributed by atoms with Crippen molar-refractivity contribution in [3.05, 3.63) is 29.8 Å². The summed E-state index contributed by atoms with van der Waals surface area (Å²) >= 11 is 2.81. The van der Waals surface area contributed by atoms with Gasteiger partial charge in [-0.2, -0.15) is 0 Å². The summed E-state index contributed by atoms with van der Waals surface area (Å²) in [6, 6.07) is 7.88. The number of thioether (sulfide) groups is 1. The second-order valence-electron chi connectivity index (χ2n) is 4.68. The van der Waals surface area contributed by atoms with Crippen LogP contribution in [0.4, 0.5) is 10.8 Å². The Bertz CT molecular complexity index is 616. The number of nitrogens with one attached hydrogen (secondary N) is 2. The summed E-state index contributed by atoms with van der Waals surface area (Å²) in [5, 5.41) is 14.8. The lowest BCUT2D eigenvalue weighted by Crippen LogP contribution is -2.13. The van der Waals surface area contributed by atoms with Gasteiger partial charge in [0.25, 0.3) is 0 Å². The lowest BCUT2D eigenvalue weighted by Gasteiger charge is -2.05. The van der Waals surface area contributed by atoms with Crippen molar-refractivity contribution in [2.45, 2.75) is 17.7 Å². The lowest BCUT2D eigenvalue weighted by molar-refractivity contribution is -0.113. The van der Waals surface area contributed by atoms with Crippen molar-refractivity contribution in [2.24, 2.45) is 0 Å². The van der Waals surface area contributed by atoms with E-state index in [4.69, 9.17) is 4.74 Å². The van der Waals surface area contributed by atoms with Crippen LogP contribution < -0.4 is 10.6 Å². The van der Waals surface area contributed by atoms with Gasteiger partial charge in [0, 0.05) is 19.3 Å². The van der Waals surface area contributed by atoms with Gasteiger partial charge in [0.1, 0.15) is 0 Å². The molecule has 0 aliphatic heterocycles. The average Bonchev–Trinajstić information content (AvgIpc) is 3.02. The van der Waals surface area contributed by atoms with E-state index in [0.717, 1.165) is 21.6 Å². The minimum Gasteiger partial charge on any atom is -0.383 e. The van der Waals surface area contributed by atoms with Crippen LogP contribution in [0.15, 0.2) is 28.6 Å². The highest BCUT2D eigenvalue weighted by atomic mass is 32.2. The van der Waals surface area contributed by atoms with Crippen LogP contribution in [-0.2, 0) is 16.0 Å². The molecule has 0 unspecified atom stereocenters. The Kier molecular flexibility index (Phi) is 7.31. The van der Waals surface area contributed by atoms with Crippen molar-refractivity contribution in [3.8, 4) is 0 Å². The Morgan fingerprint density at radius 3 is 2.78 bits per heavy atom. The molecule has 8 heteroatoms. The predicted octanol–water partition coefficient (Wildman–Crippen LogP) is 2.89. The Morgan fingerprint density at radius 2 is 2.09 bits per heavy atom. The number of methoxy groups -OCH3 is 1. The Labute approximate surface area is 144 Å². The Hall–Kier alpha value is -1.64. The number of aromatic nitrogens is 2. The molecule has 2 rings (SSSR count). The van der Waals surface area contributed by atoms with Crippen LogP contribution in [-0.4, -0.2) is 42.1 Å². The molecule has 0 aliphatic carbocycles. The topological polar surface area (TPSA) is 76.1 Å². The maximum Gasteiger partial charge on any atom is 0.234 e. The molecule has 2 aromatic rings. The minimum absolute atomic E-state index is 0.0525. The molecule has 1 amide bonds. The first-order valence-electron chi connectivity index (χ1n) is 7.29. The first-order chi connectivity index (χ1) is 11.2. The molecule has 0 saturated heterocycles. The third-order valence-corrected chi connectivity index (χ3v) is 4.98. The number of hydrogen-bond acceptors (Lipinski definition) is 7. The van der Waals surface area contributed by atoms with Crippen molar-refractivity contribution in [1.82, 2.24) is 10.2 Å². The van der Waals surface area contributed by atoms with Gasteiger partial charge in [0.2, 0.25) is 11.0 Å². The van der Waals surface area contributed by atoms with E-state index in [1.807, 2.05) is 24.3 Å². The average molecular weight is 352 g/mol. The van der Waals surface area contributed by atoms with Crippen LogP contribution in [0.5, 0.6) is 0 Å². The highest BCUT2D eigenvalue weighted by Crippen LogP contribution is 2.25. The zero-order valence-corrected chi connectivity index (χ0v) is 14.8. The molecule has 0 spiro atoms. The Balaban J connectivity index is 1.75. The number of rotatable bonds is 9. The van der Waals surface area contributed by atoms with E-state index >= 15 is 0 Å². The SMILES string of the molecule is CCc1ccc(NC(=O)CSc2nnc(NCCOC)s2)cc1. The zero-order valence-electron chi connectivity index (χ0n) is 13.2. The maximum absolute atomic E-state index is 12.0. The van der Waals surface area contributed by atoms with Crippen molar-refractivity contribution in [1.29, 1.82) is 0 Å². The summed E-state index contributed by atoms with van der Waals surface area (Å²) in [7, 11) is 1.65. The standard InChI is InChI=1S/C15H20N4O2S2/c1-3-11-4-6-12(7-5-11)17-13(20)10-22-15-19-18-14(23-15)16-8-9-21-2/h4-7H,3,8-10H2,1-2H3,(H,16,18)(H,17,20). The van der Waals surface area contributed by atoms with Crippen molar-refractivity contribution in [3.63, 3.8) is 0 Å².